The van der Waals surface area contributed by atoms with Gasteiger partial charge in [0.15, 0.2) is 0 Å². The van der Waals surface area contributed by atoms with Gasteiger partial charge in [-0.1, -0.05) is 30.3 Å². The Morgan fingerprint density at radius 3 is 2.08 bits per heavy atom. The van der Waals surface area contributed by atoms with Crippen molar-refractivity contribution in [3.05, 3.63) is 60.2 Å². The lowest BCUT2D eigenvalue weighted by Gasteiger charge is -2.39. The Labute approximate surface area is 155 Å². The Bertz CT molecular complexity index is 838. The van der Waals surface area contributed by atoms with E-state index < -0.39 is 10.0 Å². The van der Waals surface area contributed by atoms with Gasteiger partial charge in [-0.2, -0.15) is 4.31 Å². The first-order valence-corrected chi connectivity index (χ1v) is 10.9. The zero-order chi connectivity index (χ0) is 18.1. The first-order valence-electron chi connectivity index (χ1n) is 9.02. The summed E-state index contributed by atoms with van der Waals surface area (Å²) in [4.78, 5) is 2.37. The zero-order valence-electron chi connectivity index (χ0n) is 14.9. The molecule has 0 amide bonds. The molecule has 2 heterocycles. The second kappa shape index (κ2) is 7.02. The molecule has 2 aliphatic rings. The molecule has 5 nitrogen and oxygen atoms in total. The van der Waals surface area contributed by atoms with Gasteiger partial charge in [-0.3, -0.25) is 4.90 Å². The van der Waals surface area contributed by atoms with Gasteiger partial charge in [0, 0.05) is 31.7 Å². The average Bonchev–Trinajstić information content (AvgIpc) is 2.90. The topological polar surface area (TPSA) is 49.9 Å². The average molecular weight is 372 g/mol. The van der Waals surface area contributed by atoms with Crippen LogP contribution in [0.15, 0.2) is 54.6 Å². The van der Waals surface area contributed by atoms with E-state index >= 15 is 0 Å². The van der Waals surface area contributed by atoms with Crippen molar-refractivity contribution in [1.82, 2.24) is 9.21 Å². The molecule has 138 valence electrons. The number of benzene rings is 2. The predicted molar refractivity (Wildman–Crippen MR) is 102 cm³/mol. The minimum atomic E-state index is -3.10. The largest absolute Gasteiger partial charge is 0.457 e. The van der Waals surface area contributed by atoms with Crippen LogP contribution < -0.4 is 4.74 Å². The van der Waals surface area contributed by atoms with E-state index in [0.717, 1.165) is 44.0 Å². The maximum atomic E-state index is 12.0. The lowest BCUT2D eigenvalue weighted by molar-refractivity contribution is 0.124. The number of nitrogens with zero attached hydrogens (tertiary/aromatic N) is 2. The van der Waals surface area contributed by atoms with Crippen molar-refractivity contribution in [3.63, 3.8) is 0 Å². The maximum Gasteiger partial charge on any atom is 0.211 e. The van der Waals surface area contributed by atoms with Crippen LogP contribution in [0.25, 0.3) is 0 Å². The van der Waals surface area contributed by atoms with Gasteiger partial charge in [-0.05, 0) is 42.7 Å². The number of fused-ring (bicyclic) bond motifs is 2. The molecule has 2 unspecified atom stereocenters. The third-order valence-electron chi connectivity index (χ3n) is 5.18. The first kappa shape index (κ1) is 17.5. The van der Waals surface area contributed by atoms with Crippen molar-refractivity contribution in [2.24, 2.45) is 0 Å². The van der Waals surface area contributed by atoms with Crippen LogP contribution in [-0.4, -0.2) is 49.1 Å². The van der Waals surface area contributed by atoms with Crippen LogP contribution in [0.5, 0.6) is 11.5 Å². The maximum absolute atomic E-state index is 12.0. The van der Waals surface area contributed by atoms with Gasteiger partial charge in [0.25, 0.3) is 0 Å². The highest BCUT2D eigenvalue weighted by atomic mass is 32.2. The molecule has 0 N–H and O–H groups in total. The van der Waals surface area contributed by atoms with Gasteiger partial charge < -0.3 is 4.74 Å². The van der Waals surface area contributed by atoms with E-state index in [9.17, 15) is 8.42 Å². The third kappa shape index (κ3) is 3.77. The molecule has 2 bridgehead atoms. The number of piperazine rings is 1. The lowest BCUT2D eigenvalue weighted by Crippen LogP contribution is -2.54. The second-order valence-corrected chi connectivity index (χ2v) is 9.12. The fraction of sp³-hybridized carbons (Fsp3) is 0.400. The summed E-state index contributed by atoms with van der Waals surface area (Å²) in [5, 5.41) is 0. The Kier molecular flexibility index (Phi) is 4.73. The molecule has 2 aromatic rings. The number of hydrogen-bond acceptors (Lipinski definition) is 4. The van der Waals surface area contributed by atoms with Crippen LogP contribution in [0, 0.1) is 0 Å². The molecule has 2 aliphatic heterocycles. The minimum Gasteiger partial charge on any atom is -0.457 e. The van der Waals surface area contributed by atoms with E-state index in [1.54, 1.807) is 4.31 Å². The number of sulfonamides is 1. The quantitative estimate of drug-likeness (QED) is 0.809. The SMILES string of the molecule is CS(=O)(=O)N1C2CCC1CN(Cc1ccc(Oc3ccccc3)cc1)C2. The predicted octanol–water partition coefficient (Wildman–Crippen LogP) is 3.09. The highest BCUT2D eigenvalue weighted by Crippen LogP contribution is 2.33. The van der Waals surface area contributed by atoms with Gasteiger partial charge in [-0.25, -0.2) is 8.42 Å². The Morgan fingerprint density at radius 1 is 0.923 bits per heavy atom. The van der Waals surface area contributed by atoms with Crippen LogP contribution in [-0.2, 0) is 16.6 Å². The van der Waals surface area contributed by atoms with Gasteiger partial charge in [0.2, 0.25) is 10.0 Å². The molecule has 0 aliphatic carbocycles. The number of para-hydroxylation sites is 1. The smallest absolute Gasteiger partial charge is 0.211 e. The van der Waals surface area contributed by atoms with Gasteiger partial charge >= 0.3 is 0 Å². The summed E-state index contributed by atoms with van der Waals surface area (Å²) in [6.07, 6.45) is 3.27. The summed E-state index contributed by atoms with van der Waals surface area (Å²) in [6.45, 7) is 2.47. The van der Waals surface area contributed by atoms with Crippen molar-refractivity contribution in [2.45, 2.75) is 31.5 Å². The molecule has 0 radical (unpaired) electrons. The van der Waals surface area contributed by atoms with E-state index in [1.807, 2.05) is 42.5 Å². The van der Waals surface area contributed by atoms with Crippen molar-refractivity contribution in [1.29, 1.82) is 0 Å². The summed E-state index contributed by atoms with van der Waals surface area (Å²) in [5.74, 6) is 1.65. The fourth-order valence-electron chi connectivity index (χ4n) is 4.17. The van der Waals surface area contributed by atoms with Crippen LogP contribution in [0.2, 0.25) is 0 Å². The van der Waals surface area contributed by atoms with Crippen LogP contribution in [0.1, 0.15) is 18.4 Å². The molecule has 0 aromatic heterocycles. The van der Waals surface area contributed by atoms with E-state index in [4.69, 9.17) is 4.74 Å². The molecular formula is C20H24N2O3S. The van der Waals surface area contributed by atoms with E-state index in [0.29, 0.717) is 0 Å². The summed E-state index contributed by atoms with van der Waals surface area (Å²) in [5.41, 5.74) is 1.22. The molecular weight excluding hydrogens is 348 g/mol. The molecule has 26 heavy (non-hydrogen) atoms. The van der Waals surface area contributed by atoms with Crippen molar-refractivity contribution in [2.75, 3.05) is 19.3 Å². The number of likely N-dealkylation sites (tertiary alicyclic amines) is 1. The lowest BCUT2D eigenvalue weighted by atomic mass is 10.1. The molecule has 2 fully saturated rings. The Morgan fingerprint density at radius 2 is 1.50 bits per heavy atom. The summed E-state index contributed by atoms with van der Waals surface area (Å²) < 4.78 is 31.6. The summed E-state index contributed by atoms with van der Waals surface area (Å²) in [7, 11) is -3.10. The standard InChI is InChI=1S/C20H24N2O3S/c1-26(23,24)22-17-9-10-18(22)15-21(14-17)13-16-7-11-20(12-8-16)25-19-5-3-2-4-6-19/h2-8,11-12,17-18H,9-10,13-15H2,1H3. The number of ether oxygens (including phenoxy) is 1. The van der Waals surface area contributed by atoms with Crippen molar-refractivity contribution < 1.29 is 13.2 Å². The number of hydrogen-bond donors (Lipinski definition) is 0. The van der Waals surface area contributed by atoms with Gasteiger partial charge in [0.05, 0.1) is 6.26 Å². The van der Waals surface area contributed by atoms with E-state index in [1.165, 1.54) is 11.8 Å². The Hall–Kier alpha value is -1.89. The second-order valence-electron chi connectivity index (χ2n) is 7.23. The highest BCUT2D eigenvalue weighted by Gasteiger charge is 2.44. The molecule has 6 heteroatoms. The van der Waals surface area contributed by atoms with Crippen LogP contribution in [0.3, 0.4) is 0 Å². The minimum absolute atomic E-state index is 0.129. The molecule has 0 saturated carbocycles. The van der Waals surface area contributed by atoms with Crippen LogP contribution >= 0.6 is 0 Å². The summed E-state index contributed by atoms with van der Waals surface area (Å²) >= 11 is 0. The molecule has 2 saturated heterocycles. The molecule has 0 spiro atoms. The van der Waals surface area contributed by atoms with Crippen LogP contribution in [0.4, 0.5) is 0 Å². The molecule has 2 atom stereocenters. The van der Waals surface area contributed by atoms with E-state index in [-0.39, 0.29) is 12.1 Å². The van der Waals surface area contributed by atoms with Crippen molar-refractivity contribution >= 4 is 10.0 Å². The van der Waals surface area contributed by atoms with E-state index in [2.05, 4.69) is 17.0 Å². The fourth-order valence-corrected chi connectivity index (χ4v) is 5.60. The monoisotopic (exact) mass is 372 g/mol. The highest BCUT2D eigenvalue weighted by molar-refractivity contribution is 7.88. The molecule has 2 aromatic carbocycles. The summed E-state index contributed by atoms with van der Waals surface area (Å²) in [6, 6.07) is 18.2. The zero-order valence-corrected chi connectivity index (χ0v) is 15.7. The van der Waals surface area contributed by atoms with Crippen molar-refractivity contribution in [3.8, 4) is 11.5 Å². The normalized spacial score (nSPS) is 23.9. The molecule has 4 rings (SSSR count). The first-order chi connectivity index (χ1) is 12.5. The van der Waals surface area contributed by atoms with Gasteiger partial charge in [-0.15, -0.1) is 0 Å². The third-order valence-corrected chi connectivity index (χ3v) is 6.54. The van der Waals surface area contributed by atoms with Gasteiger partial charge in [0.1, 0.15) is 11.5 Å². The number of rotatable bonds is 5. The Balaban J connectivity index is 1.38.